The Morgan fingerprint density at radius 3 is 1.22 bits per heavy atom. The summed E-state index contributed by atoms with van der Waals surface area (Å²) in [7, 11) is 0. The number of halogens is 6. The first kappa shape index (κ1) is 35.8. The van der Waals surface area contributed by atoms with Crippen molar-refractivity contribution in [2.24, 2.45) is 0 Å². The van der Waals surface area contributed by atoms with Crippen LogP contribution in [0.15, 0.2) is 0 Å². The molecule has 2 atom stereocenters. The van der Waals surface area contributed by atoms with Crippen LogP contribution >= 0.6 is 0 Å². The summed E-state index contributed by atoms with van der Waals surface area (Å²) in [6.07, 6.45) is -7.78. The highest BCUT2D eigenvalue weighted by Gasteiger charge is 2.53. The molecule has 198 valence electrons. The molecule has 0 aliphatic carbocycles. The van der Waals surface area contributed by atoms with Gasteiger partial charge in [-0.3, -0.25) is 0 Å². The molecule has 0 aromatic heterocycles. The van der Waals surface area contributed by atoms with Crippen LogP contribution < -0.4 is 0 Å². The Morgan fingerprint density at radius 2 is 0.969 bits per heavy atom. The molecule has 0 aromatic rings. The lowest BCUT2D eigenvalue weighted by molar-refractivity contribution is -0.314. The predicted octanol–water partition coefficient (Wildman–Crippen LogP) is 2.64. The third-order valence-corrected chi connectivity index (χ3v) is 3.23. The minimum Gasteiger partial charge on any atom is -0.394 e. The van der Waals surface area contributed by atoms with E-state index in [1.165, 1.54) is 13.8 Å². The van der Waals surface area contributed by atoms with E-state index in [1.54, 1.807) is 0 Å². The molecule has 0 saturated carbocycles. The maximum Gasteiger partial charge on any atom is 0.391 e. The maximum absolute atomic E-state index is 13.3. The van der Waals surface area contributed by atoms with Crippen LogP contribution in [0.4, 0.5) is 26.3 Å². The molecular weight excluding hydrogens is 458 g/mol. The minimum atomic E-state index is -3.91. The summed E-state index contributed by atoms with van der Waals surface area (Å²) >= 11 is 0. The molecule has 3 N–H and O–H groups in total. The van der Waals surface area contributed by atoms with Crippen molar-refractivity contribution in [3.05, 3.63) is 0 Å². The van der Waals surface area contributed by atoms with Gasteiger partial charge >= 0.3 is 12.2 Å². The Bertz CT molecular complexity index is 426. The zero-order chi connectivity index (χ0) is 25.9. The molecule has 0 amide bonds. The van der Waals surface area contributed by atoms with Gasteiger partial charge in [-0.25, -0.2) is 8.78 Å². The van der Waals surface area contributed by atoms with Crippen molar-refractivity contribution >= 4 is 0 Å². The molecule has 32 heavy (non-hydrogen) atoms. The second-order valence-corrected chi connectivity index (χ2v) is 6.17. The second kappa shape index (κ2) is 18.7. The van der Waals surface area contributed by atoms with Crippen LogP contribution in [0, 0.1) is 0 Å². The molecule has 0 bridgehead atoms. The molecule has 0 spiro atoms. The molecule has 14 heteroatoms. The highest BCUT2D eigenvalue weighted by molar-refractivity contribution is 4.83. The minimum absolute atomic E-state index is 0.156. The number of aliphatic hydroxyl groups excluding tert-OH is 3. The molecule has 0 saturated heterocycles. The first-order valence-electron chi connectivity index (χ1n) is 9.63. The number of hydrogen-bond donors (Lipinski definition) is 3. The topological polar surface area (TPSA) is 107 Å². The molecule has 0 aliphatic rings. The smallest absolute Gasteiger partial charge is 0.391 e. The summed E-state index contributed by atoms with van der Waals surface area (Å²) in [6, 6.07) is 0. The summed E-state index contributed by atoms with van der Waals surface area (Å²) in [5, 5.41) is 24.3. The van der Waals surface area contributed by atoms with E-state index < -0.39 is 43.6 Å². The number of aliphatic hydroxyl groups is 3. The van der Waals surface area contributed by atoms with E-state index in [9.17, 15) is 26.3 Å². The van der Waals surface area contributed by atoms with Gasteiger partial charge in [-0.2, -0.15) is 17.6 Å². The zero-order valence-corrected chi connectivity index (χ0v) is 19.0. The predicted molar refractivity (Wildman–Crippen MR) is 102 cm³/mol. The molecule has 0 aromatic carbocycles. The number of hydrogen-bond acceptors (Lipinski definition) is 8. The van der Waals surface area contributed by atoms with Crippen molar-refractivity contribution in [2.45, 2.75) is 58.2 Å². The van der Waals surface area contributed by atoms with Gasteiger partial charge in [0.2, 0.25) is 11.3 Å². The Hall–Kier alpha value is -0.740. The summed E-state index contributed by atoms with van der Waals surface area (Å²) in [5.41, 5.74) is -5.83. The van der Waals surface area contributed by atoms with E-state index in [1.807, 2.05) is 6.92 Å². The van der Waals surface area contributed by atoms with Crippen molar-refractivity contribution in [3.8, 4) is 0 Å². The number of alkyl halides is 6. The lowest BCUT2D eigenvalue weighted by Crippen LogP contribution is -2.47. The number of rotatable bonds is 15. The summed E-state index contributed by atoms with van der Waals surface area (Å²) in [6.45, 7) is 2.64. The van der Waals surface area contributed by atoms with E-state index in [4.69, 9.17) is 15.3 Å². The van der Waals surface area contributed by atoms with E-state index in [2.05, 4.69) is 23.7 Å². The van der Waals surface area contributed by atoms with Gasteiger partial charge in [-0.05, 0) is 34.6 Å². The Balaban J connectivity index is -0.000000436. The highest BCUT2D eigenvalue weighted by atomic mass is 19.3. The van der Waals surface area contributed by atoms with Crippen LogP contribution in [-0.2, 0) is 23.7 Å². The molecular formula is C18H36F6O8. The third-order valence-electron chi connectivity index (χ3n) is 3.23. The first-order chi connectivity index (χ1) is 14.7. The summed E-state index contributed by atoms with van der Waals surface area (Å²) < 4.78 is 98.7. The summed E-state index contributed by atoms with van der Waals surface area (Å²) in [5.74, 6) is 0. The van der Waals surface area contributed by atoms with E-state index in [0.29, 0.717) is 20.5 Å². The lowest BCUT2D eigenvalue weighted by atomic mass is 10.1. The van der Waals surface area contributed by atoms with Crippen LogP contribution in [0.2, 0.25) is 0 Å². The summed E-state index contributed by atoms with van der Waals surface area (Å²) in [4.78, 5) is 0. The van der Waals surface area contributed by atoms with Crippen molar-refractivity contribution < 1.29 is 65.3 Å². The van der Waals surface area contributed by atoms with Gasteiger partial charge in [0.05, 0.1) is 39.6 Å². The van der Waals surface area contributed by atoms with E-state index in [-0.39, 0.29) is 33.2 Å². The molecule has 0 rings (SSSR count). The van der Waals surface area contributed by atoms with Crippen LogP contribution in [-0.4, -0.2) is 98.7 Å². The van der Waals surface area contributed by atoms with Gasteiger partial charge in [0.15, 0.2) is 0 Å². The fourth-order valence-corrected chi connectivity index (χ4v) is 1.49. The molecule has 0 radical (unpaired) electrons. The molecule has 0 heterocycles. The second-order valence-electron chi connectivity index (χ2n) is 6.17. The monoisotopic (exact) mass is 494 g/mol. The molecule has 0 fully saturated rings. The van der Waals surface area contributed by atoms with Gasteiger partial charge < -0.3 is 39.0 Å². The largest absolute Gasteiger partial charge is 0.394 e. The van der Waals surface area contributed by atoms with Crippen molar-refractivity contribution in [2.75, 3.05) is 59.8 Å². The Kier molecular flexibility index (Phi) is 20.9. The molecule has 2 unspecified atom stereocenters. The van der Waals surface area contributed by atoms with Crippen LogP contribution in [0.3, 0.4) is 0 Å². The van der Waals surface area contributed by atoms with Crippen LogP contribution in [0.5, 0.6) is 0 Å². The molecule has 8 nitrogen and oxygen atoms in total. The van der Waals surface area contributed by atoms with Crippen molar-refractivity contribution in [3.63, 3.8) is 0 Å². The normalized spacial score (nSPS) is 15.6. The average molecular weight is 494 g/mol. The first-order valence-corrected chi connectivity index (χ1v) is 9.63. The SMILES string of the molecule is CCOC(F)(F)C(C)(F)COCCO.CCOC(F)(F)C(C)(F)COCO.CCOCO. The van der Waals surface area contributed by atoms with Gasteiger partial charge in [-0.1, -0.05) is 0 Å². The number of ether oxygens (including phenoxy) is 5. The van der Waals surface area contributed by atoms with Crippen molar-refractivity contribution in [1.29, 1.82) is 0 Å². The molecule has 0 aliphatic heterocycles. The Morgan fingerprint density at radius 1 is 0.594 bits per heavy atom. The van der Waals surface area contributed by atoms with Crippen LogP contribution in [0.1, 0.15) is 34.6 Å². The van der Waals surface area contributed by atoms with Crippen LogP contribution in [0.25, 0.3) is 0 Å². The average Bonchev–Trinajstić information content (AvgIpc) is 2.68. The van der Waals surface area contributed by atoms with Crippen molar-refractivity contribution in [1.82, 2.24) is 0 Å². The van der Waals surface area contributed by atoms with E-state index in [0.717, 1.165) is 0 Å². The lowest BCUT2D eigenvalue weighted by Gasteiger charge is -2.28. The third kappa shape index (κ3) is 16.0. The van der Waals surface area contributed by atoms with Gasteiger partial charge in [0, 0.05) is 6.61 Å². The van der Waals surface area contributed by atoms with Gasteiger partial charge in [0.25, 0.3) is 0 Å². The fraction of sp³-hybridized carbons (Fsp3) is 1.00. The standard InChI is InChI=1S/C8H15F3O3.C7H13F3O3.C3H8O2/c1-3-14-8(10,11)7(2,9)6-13-5-4-12;1-3-13-7(9,10)6(2,8)4-12-5-11;1-2-5-3-4/h12H,3-6H2,1-2H3;11H,3-5H2,1-2H3;4H,2-3H2,1H3. The highest BCUT2D eigenvalue weighted by Crippen LogP contribution is 2.34. The fourth-order valence-electron chi connectivity index (χ4n) is 1.49. The van der Waals surface area contributed by atoms with Gasteiger partial charge in [0.1, 0.15) is 13.6 Å². The van der Waals surface area contributed by atoms with E-state index >= 15 is 0 Å². The van der Waals surface area contributed by atoms with Gasteiger partial charge in [-0.15, -0.1) is 0 Å². The Labute approximate surface area is 184 Å². The maximum atomic E-state index is 13.3. The zero-order valence-electron chi connectivity index (χ0n) is 19.0. The quantitative estimate of drug-likeness (QED) is 0.181.